The van der Waals surface area contributed by atoms with Crippen LogP contribution in [0.1, 0.15) is 20.7 Å². The summed E-state index contributed by atoms with van der Waals surface area (Å²) in [7, 11) is 0. The molecule has 0 aliphatic carbocycles. The maximum Gasteiger partial charge on any atom is 0.283 e. The fourth-order valence-electron chi connectivity index (χ4n) is 2.28. The van der Waals surface area contributed by atoms with Gasteiger partial charge in [0, 0.05) is 11.8 Å². The summed E-state index contributed by atoms with van der Waals surface area (Å²) in [5, 5.41) is 11.0. The van der Waals surface area contributed by atoms with Crippen molar-refractivity contribution in [1.82, 2.24) is 0 Å². The van der Waals surface area contributed by atoms with Gasteiger partial charge < -0.3 is 5.73 Å². The van der Waals surface area contributed by atoms with Crippen molar-refractivity contribution in [3.05, 3.63) is 63.7 Å². The van der Waals surface area contributed by atoms with Crippen LogP contribution in [-0.2, 0) is 0 Å². The van der Waals surface area contributed by atoms with E-state index in [0.717, 1.165) is 4.90 Å². The molecule has 2 aromatic rings. The lowest BCUT2D eigenvalue weighted by Crippen LogP contribution is -2.29. The fraction of sp³-hybridized carbons (Fsp3) is 0. The SMILES string of the molecule is Cl.Nc1ccc(N2C(=O)c3cccc([N+](=O)[O-])c3C2=O)cc1. The molecular formula is C14H10ClN3O4. The van der Waals surface area contributed by atoms with Gasteiger partial charge in [0.15, 0.2) is 0 Å². The van der Waals surface area contributed by atoms with Crippen LogP contribution in [0, 0.1) is 10.1 Å². The van der Waals surface area contributed by atoms with Crippen molar-refractivity contribution < 1.29 is 14.5 Å². The molecule has 0 bridgehead atoms. The number of fused-ring (bicyclic) bond motifs is 1. The number of hydrogen-bond donors (Lipinski definition) is 1. The summed E-state index contributed by atoms with van der Waals surface area (Å²) >= 11 is 0. The highest BCUT2D eigenvalue weighted by atomic mass is 35.5. The number of carbonyl (C=O) groups excluding carboxylic acids is 2. The summed E-state index contributed by atoms with van der Waals surface area (Å²) in [6.45, 7) is 0. The first-order valence-corrected chi connectivity index (χ1v) is 6.02. The number of nitro groups is 1. The molecular weight excluding hydrogens is 310 g/mol. The van der Waals surface area contributed by atoms with Crippen molar-refractivity contribution in [2.24, 2.45) is 0 Å². The van der Waals surface area contributed by atoms with Crippen LogP contribution >= 0.6 is 12.4 Å². The molecule has 22 heavy (non-hydrogen) atoms. The van der Waals surface area contributed by atoms with Gasteiger partial charge in [-0.05, 0) is 30.3 Å². The monoisotopic (exact) mass is 319 g/mol. The third-order valence-corrected chi connectivity index (χ3v) is 3.24. The second-order valence-electron chi connectivity index (χ2n) is 4.49. The van der Waals surface area contributed by atoms with Gasteiger partial charge in [0.05, 0.1) is 16.2 Å². The van der Waals surface area contributed by atoms with Gasteiger partial charge in [-0.25, -0.2) is 4.90 Å². The molecule has 0 aromatic heterocycles. The lowest BCUT2D eigenvalue weighted by Gasteiger charge is -2.13. The molecule has 1 heterocycles. The molecule has 2 N–H and O–H groups in total. The number of carbonyl (C=O) groups is 2. The van der Waals surface area contributed by atoms with E-state index < -0.39 is 16.7 Å². The maximum atomic E-state index is 12.4. The predicted octanol–water partition coefficient (Wildman–Crippen LogP) is 2.40. The van der Waals surface area contributed by atoms with Gasteiger partial charge in [0.25, 0.3) is 17.5 Å². The van der Waals surface area contributed by atoms with E-state index in [1.807, 2.05) is 0 Å². The van der Waals surface area contributed by atoms with Gasteiger partial charge in [-0.1, -0.05) is 6.07 Å². The van der Waals surface area contributed by atoms with Crippen molar-refractivity contribution in [1.29, 1.82) is 0 Å². The van der Waals surface area contributed by atoms with E-state index in [2.05, 4.69) is 0 Å². The summed E-state index contributed by atoms with van der Waals surface area (Å²) in [5.74, 6) is -1.28. The summed E-state index contributed by atoms with van der Waals surface area (Å²) < 4.78 is 0. The molecule has 0 unspecified atom stereocenters. The zero-order valence-corrected chi connectivity index (χ0v) is 11.9. The van der Waals surface area contributed by atoms with Gasteiger partial charge in [-0.15, -0.1) is 12.4 Å². The Morgan fingerprint density at radius 1 is 1.00 bits per heavy atom. The third kappa shape index (κ3) is 2.17. The molecule has 1 aliphatic rings. The van der Waals surface area contributed by atoms with Crippen LogP contribution in [0.5, 0.6) is 0 Å². The molecule has 3 rings (SSSR count). The van der Waals surface area contributed by atoms with E-state index in [0.29, 0.717) is 11.4 Å². The highest BCUT2D eigenvalue weighted by molar-refractivity contribution is 6.35. The van der Waals surface area contributed by atoms with Crippen LogP contribution in [0.2, 0.25) is 0 Å². The van der Waals surface area contributed by atoms with Crippen LogP contribution in [0.15, 0.2) is 42.5 Å². The number of amides is 2. The predicted molar refractivity (Wildman–Crippen MR) is 82.3 cm³/mol. The second kappa shape index (κ2) is 5.45. The van der Waals surface area contributed by atoms with Gasteiger partial charge in [0.2, 0.25) is 0 Å². The first-order chi connectivity index (χ1) is 10.0. The Bertz CT molecular complexity index is 789. The number of rotatable bonds is 2. The van der Waals surface area contributed by atoms with E-state index in [-0.39, 0.29) is 29.2 Å². The molecule has 8 heteroatoms. The van der Waals surface area contributed by atoms with Gasteiger partial charge in [-0.3, -0.25) is 19.7 Å². The molecule has 1 aliphatic heterocycles. The summed E-state index contributed by atoms with van der Waals surface area (Å²) in [6.07, 6.45) is 0. The molecule has 0 saturated carbocycles. The largest absolute Gasteiger partial charge is 0.399 e. The van der Waals surface area contributed by atoms with Crippen LogP contribution in [0.4, 0.5) is 17.1 Å². The molecule has 0 radical (unpaired) electrons. The number of hydrogen-bond acceptors (Lipinski definition) is 5. The number of nitro benzene ring substituents is 1. The maximum absolute atomic E-state index is 12.4. The summed E-state index contributed by atoms with van der Waals surface area (Å²) in [5.41, 5.74) is 5.86. The van der Waals surface area contributed by atoms with Crippen molar-refractivity contribution in [2.45, 2.75) is 0 Å². The molecule has 112 valence electrons. The van der Waals surface area contributed by atoms with Crippen molar-refractivity contribution in [3.63, 3.8) is 0 Å². The highest BCUT2D eigenvalue weighted by Gasteiger charge is 2.41. The number of nitrogens with zero attached hydrogens (tertiary/aromatic N) is 2. The Balaban J connectivity index is 0.00000176. The van der Waals surface area contributed by atoms with Gasteiger partial charge in [0.1, 0.15) is 5.56 Å². The van der Waals surface area contributed by atoms with Crippen molar-refractivity contribution in [3.8, 4) is 0 Å². The number of halogens is 1. The van der Waals surface area contributed by atoms with Gasteiger partial charge in [-0.2, -0.15) is 0 Å². The topological polar surface area (TPSA) is 107 Å². The molecule has 0 fully saturated rings. The van der Waals surface area contributed by atoms with Crippen LogP contribution < -0.4 is 10.6 Å². The van der Waals surface area contributed by atoms with Crippen LogP contribution in [-0.4, -0.2) is 16.7 Å². The smallest absolute Gasteiger partial charge is 0.283 e. The van der Waals surface area contributed by atoms with E-state index in [1.54, 1.807) is 12.1 Å². The number of imide groups is 1. The zero-order chi connectivity index (χ0) is 15.1. The molecule has 2 aromatic carbocycles. The first kappa shape index (κ1) is 15.5. The summed E-state index contributed by atoms with van der Waals surface area (Å²) in [4.78, 5) is 36.0. The lowest BCUT2D eigenvalue weighted by molar-refractivity contribution is -0.385. The zero-order valence-electron chi connectivity index (χ0n) is 11.1. The molecule has 2 amide bonds. The highest BCUT2D eigenvalue weighted by Crippen LogP contribution is 2.33. The lowest BCUT2D eigenvalue weighted by atomic mass is 10.1. The average Bonchev–Trinajstić information content (AvgIpc) is 2.72. The van der Waals surface area contributed by atoms with Gasteiger partial charge >= 0.3 is 0 Å². The second-order valence-corrected chi connectivity index (χ2v) is 4.49. The molecule has 0 atom stereocenters. The molecule has 0 spiro atoms. The van der Waals surface area contributed by atoms with Crippen LogP contribution in [0.25, 0.3) is 0 Å². The minimum Gasteiger partial charge on any atom is -0.399 e. The standard InChI is InChI=1S/C14H9N3O4.ClH/c15-8-4-6-9(7-5-8)16-13(18)10-2-1-3-11(17(20)21)12(10)14(16)19;/h1-7H,15H2;1H. The number of nitrogens with two attached hydrogens (primary N) is 1. The number of anilines is 2. The van der Waals surface area contributed by atoms with E-state index in [9.17, 15) is 19.7 Å². The van der Waals surface area contributed by atoms with Crippen molar-refractivity contribution >= 4 is 41.3 Å². The molecule has 7 nitrogen and oxygen atoms in total. The average molecular weight is 320 g/mol. The Morgan fingerprint density at radius 2 is 1.64 bits per heavy atom. The number of nitrogen functional groups attached to an aromatic ring is 1. The Kier molecular flexibility index (Phi) is 3.83. The fourth-order valence-corrected chi connectivity index (χ4v) is 2.28. The van der Waals surface area contributed by atoms with Crippen LogP contribution in [0.3, 0.4) is 0 Å². The Labute approximate surface area is 130 Å². The van der Waals surface area contributed by atoms with E-state index in [1.165, 1.54) is 30.3 Å². The minimum atomic E-state index is -0.702. The minimum absolute atomic E-state index is 0. The quantitative estimate of drug-likeness (QED) is 0.396. The number of benzene rings is 2. The van der Waals surface area contributed by atoms with E-state index in [4.69, 9.17) is 5.73 Å². The normalized spacial score (nSPS) is 12.8. The first-order valence-electron chi connectivity index (χ1n) is 6.02. The Morgan fingerprint density at radius 3 is 2.23 bits per heavy atom. The molecule has 0 saturated heterocycles. The third-order valence-electron chi connectivity index (χ3n) is 3.24. The summed E-state index contributed by atoms with van der Waals surface area (Å²) in [6, 6.07) is 10.1. The van der Waals surface area contributed by atoms with Crippen molar-refractivity contribution in [2.75, 3.05) is 10.6 Å². The van der Waals surface area contributed by atoms with E-state index >= 15 is 0 Å². The Hall–Kier alpha value is -2.93.